The molecule has 7 rings (SSSR count). The molecule has 10 nitrogen and oxygen atoms in total. The molecule has 3 aliphatic rings. The maximum atomic E-state index is 12.3. The Balaban J connectivity index is 1.12. The summed E-state index contributed by atoms with van der Waals surface area (Å²) in [6.07, 6.45) is 6.40. The van der Waals surface area contributed by atoms with Gasteiger partial charge in [-0.1, -0.05) is 30.3 Å². The molecule has 2 N–H and O–H groups in total. The van der Waals surface area contributed by atoms with Gasteiger partial charge in [0.1, 0.15) is 5.82 Å². The van der Waals surface area contributed by atoms with Crippen LogP contribution in [0.15, 0.2) is 60.8 Å². The van der Waals surface area contributed by atoms with E-state index in [2.05, 4.69) is 55.4 Å². The number of ether oxygens (including phenoxy) is 1. The minimum absolute atomic E-state index is 0.166. The molecule has 1 aliphatic carbocycles. The number of nitrogens with one attached hydrogen (secondary N) is 2. The first-order valence-electron chi connectivity index (χ1n) is 15.2. The summed E-state index contributed by atoms with van der Waals surface area (Å²) >= 11 is 0. The molecule has 4 heterocycles. The number of rotatable bonds is 8. The zero-order chi connectivity index (χ0) is 28.3. The lowest BCUT2D eigenvalue weighted by Crippen LogP contribution is -2.37. The Bertz CT molecular complexity index is 1510. The van der Waals surface area contributed by atoms with Crippen molar-refractivity contribution >= 4 is 28.6 Å². The number of urea groups is 1. The molecule has 218 valence electrons. The fourth-order valence-electron chi connectivity index (χ4n) is 5.92. The van der Waals surface area contributed by atoms with Crippen LogP contribution in [0.4, 0.5) is 16.3 Å². The maximum Gasteiger partial charge on any atom is 0.319 e. The van der Waals surface area contributed by atoms with Gasteiger partial charge in [-0.2, -0.15) is 5.10 Å². The molecule has 2 aliphatic heterocycles. The molecule has 1 saturated carbocycles. The molecule has 0 unspecified atom stereocenters. The van der Waals surface area contributed by atoms with Crippen LogP contribution in [-0.2, 0) is 11.3 Å². The van der Waals surface area contributed by atoms with Gasteiger partial charge in [-0.3, -0.25) is 4.90 Å². The lowest BCUT2D eigenvalue weighted by Gasteiger charge is -2.32. The average molecular weight is 567 g/mol. The van der Waals surface area contributed by atoms with E-state index in [9.17, 15) is 4.79 Å². The Kier molecular flexibility index (Phi) is 7.72. The number of likely N-dealkylation sites (tertiary alicyclic amines) is 1. The van der Waals surface area contributed by atoms with Crippen LogP contribution >= 0.6 is 0 Å². The Labute approximate surface area is 246 Å². The first-order valence-corrected chi connectivity index (χ1v) is 15.2. The van der Waals surface area contributed by atoms with Gasteiger partial charge in [0, 0.05) is 50.5 Å². The van der Waals surface area contributed by atoms with Gasteiger partial charge in [-0.05, 0) is 61.4 Å². The number of fused-ring (bicyclic) bond motifs is 1. The van der Waals surface area contributed by atoms with Crippen LogP contribution in [0.2, 0.25) is 0 Å². The van der Waals surface area contributed by atoms with Gasteiger partial charge >= 0.3 is 6.03 Å². The van der Waals surface area contributed by atoms with Crippen molar-refractivity contribution in [2.24, 2.45) is 5.92 Å². The van der Waals surface area contributed by atoms with Crippen molar-refractivity contribution in [2.45, 2.75) is 38.3 Å². The number of carbonyl (C=O) groups excluding carboxylic acids is 1. The highest BCUT2D eigenvalue weighted by molar-refractivity contribution is 5.90. The number of benzene rings is 2. The first kappa shape index (κ1) is 26.9. The van der Waals surface area contributed by atoms with Crippen LogP contribution in [0.5, 0.6) is 0 Å². The lowest BCUT2D eigenvalue weighted by molar-refractivity contribution is 0.122. The summed E-state index contributed by atoms with van der Waals surface area (Å²) in [7, 11) is 0. The van der Waals surface area contributed by atoms with E-state index < -0.39 is 0 Å². The van der Waals surface area contributed by atoms with Crippen molar-refractivity contribution in [3.8, 4) is 11.4 Å². The molecule has 2 saturated heterocycles. The molecule has 0 spiro atoms. The molecule has 2 amide bonds. The van der Waals surface area contributed by atoms with E-state index in [-0.39, 0.29) is 12.1 Å². The highest BCUT2D eigenvalue weighted by Gasteiger charge is 2.26. The molecule has 0 radical (unpaired) electrons. The molecule has 2 aromatic carbocycles. The van der Waals surface area contributed by atoms with E-state index in [1.807, 2.05) is 30.5 Å². The van der Waals surface area contributed by atoms with Crippen LogP contribution < -0.4 is 15.5 Å². The summed E-state index contributed by atoms with van der Waals surface area (Å²) in [5.41, 5.74) is 3.88. The summed E-state index contributed by atoms with van der Waals surface area (Å²) in [5.74, 6) is 2.21. The smallest absolute Gasteiger partial charge is 0.319 e. The highest BCUT2D eigenvalue weighted by atomic mass is 16.5. The van der Waals surface area contributed by atoms with E-state index in [1.54, 1.807) is 0 Å². The van der Waals surface area contributed by atoms with Gasteiger partial charge in [-0.15, -0.1) is 0 Å². The monoisotopic (exact) mass is 566 g/mol. The Morgan fingerprint density at radius 1 is 0.905 bits per heavy atom. The number of piperidine rings is 1. The highest BCUT2D eigenvalue weighted by Crippen LogP contribution is 2.33. The summed E-state index contributed by atoms with van der Waals surface area (Å²) in [4.78, 5) is 27.2. The first-order chi connectivity index (χ1) is 20.7. The number of hydrogen-bond donors (Lipinski definition) is 2. The molecular formula is C32H38N8O2. The fraction of sp³-hybridized carbons (Fsp3) is 0.438. The largest absolute Gasteiger partial charge is 0.378 e. The van der Waals surface area contributed by atoms with E-state index in [4.69, 9.17) is 19.8 Å². The van der Waals surface area contributed by atoms with Gasteiger partial charge in [0.05, 0.1) is 30.8 Å². The van der Waals surface area contributed by atoms with E-state index in [0.717, 1.165) is 80.2 Å². The normalized spacial score (nSPS) is 18.3. The topological polar surface area (TPSA) is 100 Å². The van der Waals surface area contributed by atoms with Crippen molar-refractivity contribution in [2.75, 3.05) is 56.2 Å². The Hall–Kier alpha value is -4.02. The Morgan fingerprint density at radius 2 is 1.67 bits per heavy atom. The molecule has 2 aromatic heterocycles. The Morgan fingerprint density at radius 3 is 2.40 bits per heavy atom. The van der Waals surface area contributed by atoms with E-state index in [1.165, 1.54) is 18.4 Å². The van der Waals surface area contributed by atoms with Gasteiger partial charge in [0.15, 0.2) is 11.5 Å². The third-order valence-electron chi connectivity index (χ3n) is 8.55. The molecule has 10 heteroatoms. The summed E-state index contributed by atoms with van der Waals surface area (Å²) in [5, 5.41) is 11.7. The molecule has 0 atom stereocenters. The fourth-order valence-corrected chi connectivity index (χ4v) is 5.92. The molecule has 42 heavy (non-hydrogen) atoms. The molecule has 3 fully saturated rings. The summed E-state index contributed by atoms with van der Waals surface area (Å²) in [6.45, 7) is 6.70. The number of hydrogen-bond acceptors (Lipinski definition) is 7. The molecule has 4 aromatic rings. The number of anilines is 2. The van der Waals surface area contributed by atoms with Crippen LogP contribution in [-0.4, -0.2) is 76.6 Å². The van der Waals surface area contributed by atoms with E-state index >= 15 is 0 Å². The second-order valence-electron chi connectivity index (χ2n) is 11.6. The van der Waals surface area contributed by atoms with Crippen molar-refractivity contribution in [1.29, 1.82) is 0 Å². The SMILES string of the molecule is O=C(NCC1CC1)Nc1ccc(-c2nc(N3CCOCC3)c3cnn(C4CCN(Cc5ccccc5)CC4)c3n2)cc1. The maximum absolute atomic E-state index is 12.3. The van der Waals surface area contributed by atoms with Gasteiger partial charge < -0.3 is 20.3 Å². The van der Waals surface area contributed by atoms with Crippen molar-refractivity contribution < 1.29 is 9.53 Å². The van der Waals surface area contributed by atoms with Crippen molar-refractivity contribution in [3.63, 3.8) is 0 Å². The number of carbonyl (C=O) groups is 1. The van der Waals surface area contributed by atoms with E-state index in [0.29, 0.717) is 25.0 Å². The summed E-state index contributed by atoms with van der Waals surface area (Å²) < 4.78 is 7.76. The second-order valence-corrected chi connectivity index (χ2v) is 11.6. The minimum atomic E-state index is -0.166. The second kappa shape index (κ2) is 12.1. The standard InChI is InChI=1S/C32H38N8O2/c41-32(33-20-23-6-7-23)35-26-10-8-25(9-11-26)29-36-30(39-16-18-42-19-17-39)28-21-34-40(31(28)37-29)27-12-14-38(15-13-27)22-24-4-2-1-3-5-24/h1-5,8-11,21,23,27H,6-7,12-20,22H2,(H2,33,35,41). The zero-order valence-electron chi connectivity index (χ0n) is 23.9. The van der Waals surface area contributed by atoms with Crippen LogP contribution in [0.3, 0.4) is 0 Å². The number of amides is 2. The predicted octanol–water partition coefficient (Wildman–Crippen LogP) is 4.70. The third-order valence-corrected chi connectivity index (χ3v) is 8.55. The molecular weight excluding hydrogens is 528 g/mol. The number of aromatic nitrogens is 4. The minimum Gasteiger partial charge on any atom is -0.378 e. The number of morpholine rings is 1. The zero-order valence-corrected chi connectivity index (χ0v) is 23.9. The van der Waals surface area contributed by atoms with Crippen LogP contribution in [0, 0.1) is 5.92 Å². The van der Waals surface area contributed by atoms with Gasteiger partial charge in [0.25, 0.3) is 0 Å². The third kappa shape index (κ3) is 6.10. The average Bonchev–Trinajstić information content (AvgIpc) is 3.78. The van der Waals surface area contributed by atoms with Gasteiger partial charge in [-0.25, -0.2) is 19.4 Å². The summed E-state index contributed by atoms with van der Waals surface area (Å²) in [6, 6.07) is 18.6. The predicted molar refractivity (Wildman–Crippen MR) is 164 cm³/mol. The van der Waals surface area contributed by atoms with Crippen LogP contribution in [0.25, 0.3) is 22.4 Å². The lowest BCUT2D eigenvalue weighted by atomic mass is 10.0. The van der Waals surface area contributed by atoms with Crippen LogP contribution in [0.1, 0.15) is 37.3 Å². The number of nitrogens with zero attached hydrogens (tertiary/aromatic N) is 6. The molecule has 0 bridgehead atoms. The van der Waals surface area contributed by atoms with Gasteiger partial charge in [0.2, 0.25) is 0 Å². The quantitative estimate of drug-likeness (QED) is 0.319. The van der Waals surface area contributed by atoms with Crippen molar-refractivity contribution in [3.05, 3.63) is 66.4 Å². The van der Waals surface area contributed by atoms with Crippen molar-refractivity contribution in [1.82, 2.24) is 30.0 Å².